The Hall–Kier alpha value is -1.02. The van der Waals surface area contributed by atoms with Gasteiger partial charge in [-0.15, -0.1) is 0 Å². The molecule has 0 aliphatic heterocycles. The van der Waals surface area contributed by atoms with Gasteiger partial charge in [-0.1, -0.05) is 32.9 Å². The molecule has 2 heteroatoms. The van der Waals surface area contributed by atoms with Gasteiger partial charge in [0.1, 0.15) is 5.75 Å². The standard InChI is InChI=1S/C14H22O2/c1-6-14(3,4)12-7-9-13(10-8-12)16-11(2)15-5/h7-11H,6H2,1-5H3. The SMILES string of the molecule is CCC(C)(C)c1ccc(OC(C)OC)cc1. The molecule has 1 rings (SSSR count). The fraction of sp³-hybridized carbons (Fsp3) is 0.571. The van der Waals surface area contributed by atoms with Crippen molar-refractivity contribution in [1.29, 1.82) is 0 Å². The Morgan fingerprint density at radius 3 is 2.19 bits per heavy atom. The molecule has 0 spiro atoms. The molecule has 0 aromatic heterocycles. The van der Waals surface area contributed by atoms with Crippen molar-refractivity contribution in [2.45, 2.75) is 45.8 Å². The van der Waals surface area contributed by atoms with E-state index in [1.807, 2.05) is 19.1 Å². The van der Waals surface area contributed by atoms with E-state index in [1.54, 1.807) is 7.11 Å². The van der Waals surface area contributed by atoms with Crippen LogP contribution in [0.2, 0.25) is 0 Å². The summed E-state index contributed by atoms with van der Waals surface area (Å²) in [4.78, 5) is 0. The predicted octanol–water partition coefficient (Wildman–Crippen LogP) is 3.75. The molecule has 16 heavy (non-hydrogen) atoms. The van der Waals surface area contributed by atoms with E-state index in [1.165, 1.54) is 5.56 Å². The Bertz CT molecular complexity index is 314. The molecular formula is C14H22O2. The predicted molar refractivity (Wildman–Crippen MR) is 66.9 cm³/mol. The zero-order valence-corrected chi connectivity index (χ0v) is 10.9. The van der Waals surface area contributed by atoms with Crippen molar-refractivity contribution in [3.63, 3.8) is 0 Å². The first kappa shape index (κ1) is 13.0. The molecule has 0 fully saturated rings. The summed E-state index contributed by atoms with van der Waals surface area (Å²) in [6.07, 6.45) is 0.923. The van der Waals surface area contributed by atoms with E-state index in [0.717, 1.165) is 12.2 Å². The van der Waals surface area contributed by atoms with Crippen LogP contribution in [0.3, 0.4) is 0 Å². The summed E-state index contributed by atoms with van der Waals surface area (Å²) in [5.41, 5.74) is 1.57. The minimum absolute atomic E-state index is 0.204. The second-order valence-electron chi connectivity index (χ2n) is 4.68. The molecule has 0 N–H and O–H groups in total. The van der Waals surface area contributed by atoms with Crippen molar-refractivity contribution < 1.29 is 9.47 Å². The summed E-state index contributed by atoms with van der Waals surface area (Å²) in [5.74, 6) is 0.852. The maximum atomic E-state index is 5.54. The molecule has 0 bridgehead atoms. The first-order valence-electron chi connectivity index (χ1n) is 5.79. The van der Waals surface area contributed by atoms with Crippen molar-refractivity contribution in [2.24, 2.45) is 0 Å². The zero-order valence-electron chi connectivity index (χ0n) is 10.9. The molecule has 1 atom stereocenters. The lowest BCUT2D eigenvalue weighted by atomic mass is 9.82. The minimum atomic E-state index is -0.204. The smallest absolute Gasteiger partial charge is 0.196 e. The highest BCUT2D eigenvalue weighted by atomic mass is 16.7. The van der Waals surface area contributed by atoms with Crippen molar-refractivity contribution >= 4 is 0 Å². The largest absolute Gasteiger partial charge is 0.465 e. The maximum Gasteiger partial charge on any atom is 0.196 e. The molecule has 1 aromatic carbocycles. The molecule has 1 unspecified atom stereocenters. The lowest BCUT2D eigenvalue weighted by molar-refractivity contribution is -0.0382. The average Bonchev–Trinajstić information content (AvgIpc) is 2.29. The lowest BCUT2D eigenvalue weighted by Gasteiger charge is -2.23. The van der Waals surface area contributed by atoms with Crippen molar-refractivity contribution in [3.05, 3.63) is 29.8 Å². The van der Waals surface area contributed by atoms with Gasteiger partial charge in [-0.2, -0.15) is 0 Å². The Labute approximate surface area is 98.6 Å². The Balaban J connectivity index is 2.75. The van der Waals surface area contributed by atoms with E-state index in [9.17, 15) is 0 Å². The van der Waals surface area contributed by atoms with E-state index < -0.39 is 0 Å². The van der Waals surface area contributed by atoms with Gasteiger partial charge in [-0.25, -0.2) is 0 Å². The molecule has 0 radical (unpaired) electrons. The third-order valence-corrected chi connectivity index (χ3v) is 3.15. The summed E-state index contributed by atoms with van der Waals surface area (Å²) in [6, 6.07) is 8.26. The Morgan fingerprint density at radius 1 is 1.19 bits per heavy atom. The molecule has 1 aromatic rings. The van der Waals surface area contributed by atoms with Crippen LogP contribution in [0, 0.1) is 0 Å². The molecule has 2 nitrogen and oxygen atoms in total. The van der Waals surface area contributed by atoms with E-state index in [-0.39, 0.29) is 11.7 Å². The summed E-state index contributed by atoms with van der Waals surface area (Å²) >= 11 is 0. The molecule has 0 saturated carbocycles. The van der Waals surface area contributed by atoms with Gasteiger partial charge in [-0.05, 0) is 36.5 Å². The Morgan fingerprint density at radius 2 is 1.75 bits per heavy atom. The van der Waals surface area contributed by atoms with Gasteiger partial charge in [0.25, 0.3) is 0 Å². The van der Waals surface area contributed by atoms with Crippen LogP contribution < -0.4 is 4.74 Å². The number of hydrogen-bond donors (Lipinski definition) is 0. The fourth-order valence-corrected chi connectivity index (χ4v) is 1.43. The van der Waals surface area contributed by atoms with Gasteiger partial charge in [0, 0.05) is 7.11 Å². The topological polar surface area (TPSA) is 18.5 Å². The van der Waals surface area contributed by atoms with Crippen LogP contribution in [0.5, 0.6) is 5.75 Å². The normalized spacial score (nSPS) is 13.6. The quantitative estimate of drug-likeness (QED) is 0.706. The molecule has 0 aliphatic carbocycles. The lowest BCUT2D eigenvalue weighted by Crippen LogP contribution is -2.16. The van der Waals surface area contributed by atoms with Gasteiger partial charge < -0.3 is 9.47 Å². The third kappa shape index (κ3) is 3.24. The second kappa shape index (κ2) is 5.35. The zero-order chi connectivity index (χ0) is 12.2. The number of methoxy groups -OCH3 is 1. The van der Waals surface area contributed by atoms with Gasteiger partial charge >= 0.3 is 0 Å². The van der Waals surface area contributed by atoms with Crippen LogP contribution in [0.25, 0.3) is 0 Å². The van der Waals surface area contributed by atoms with Crippen LogP contribution in [-0.2, 0) is 10.2 Å². The van der Waals surface area contributed by atoms with Crippen LogP contribution in [0.15, 0.2) is 24.3 Å². The minimum Gasteiger partial charge on any atom is -0.465 e. The summed E-state index contributed by atoms with van der Waals surface area (Å²) in [6.45, 7) is 8.59. The van der Waals surface area contributed by atoms with Crippen molar-refractivity contribution in [2.75, 3.05) is 7.11 Å². The van der Waals surface area contributed by atoms with Gasteiger partial charge in [0.2, 0.25) is 0 Å². The van der Waals surface area contributed by atoms with Crippen LogP contribution in [-0.4, -0.2) is 13.4 Å². The maximum absolute atomic E-state index is 5.54. The Kier molecular flexibility index (Phi) is 4.36. The highest BCUT2D eigenvalue weighted by Crippen LogP contribution is 2.28. The summed E-state index contributed by atoms with van der Waals surface area (Å²) in [5, 5.41) is 0. The molecule has 0 heterocycles. The van der Waals surface area contributed by atoms with Gasteiger partial charge in [0.15, 0.2) is 6.29 Å². The number of benzene rings is 1. The highest BCUT2D eigenvalue weighted by Gasteiger charge is 2.17. The molecular weight excluding hydrogens is 200 g/mol. The van der Waals surface area contributed by atoms with E-state index in [0.29, 0.717) is 0 Å². The van der Waals surface area contributed by atoms with Crippen molar-refractivity contribution in [1.82, 2.24) is 0 Å². The molecule has 90 valence electrons. The first-order chi connectivity index (χ1) is 7.49. The van der Waals surface area contributed by atoms with Gasteiger partial charge in [0.05, 0.1) is 0 Å². The second-order valence-corrected chi connectivity index (χ2v) is 4.68. The fourth-order valence-electron chi connectivity index (χ4n) is 1.43. The average molecular weight is 222 g/mol. The van der Waals surface area contributed by atoms with E-state index in [2.05, 4.69) is 32.9 Å². The molecule has 0 amide bonds. The highest BCUT2D eigenvalue weighted by molar-refractivity contribution is 5.31. The van der Waals surface area contributed by atoms with Crippen LogP contribution in [0.4, 0.5) is 0 Å². The first-order valence-corrected chi connectivity index (χ1v) is 5.79. The number of hydrogen-bond acceptors (Lipinski definition) is 2. The number of rotatable bonds is 5. The van der Waals surface area contributed by atoms with E-state index >= 15 is 0 Å². The monoisotopic (exact) mass is 222 g/mol. The van der Waals surface area contributed by atoms with E-state index in [4.69, 9.17) is 9.47 Å². The van der Waals surface area contributed by atoms with Crippen LogP contribution in [0.1, 0.15) is 39.7 Å². The van der Waals surface area contributed by atoms with Crippen molar-refractivity contribution in [3.8, 4) is 5.75 Å². The van der Waals surface area contributed by atoms with Gasteiger partial charge in [-0.3, -0.25) is 0 Å². The summed E-state index contributed by atoms with van der Waals surface area (Å²) < 4.78 is 10.6. The molecule has 0 aliphatic rings. The third-order valence-electron chi connectivity index (χ3n) is 3.15. The van der Waals surface area contributed by atoms with Crippen LogP contribution >= 0.6 is 0 Å². The molecule has 0 saturated heterocycles. The number of ether oxygens (including phenoxy) is 2. The summed E-state index contributed by atoms with van der Waals surface area (Å²) in [7, 11) is 1.64.